The number of azo groups is 1. The van der Waals surface area contributed by atoms with Crippen LogP contribution < -0.4 is 4.90 Å². The van der Waals surface area contributed by atoms with Gasteiger partial charge in [0.2, 0.25) is 0 Å². The topological polar surface area (TPSA) is 84.0 Å². The summed E-state index contributed by atoms with van der Waals surface area (Å²) in [5, 5.41) is 17.2. The van der Waals surface area contributed by atoms with Gasteiger partial charge in [-0.25, -0.2) is 9.45 Å². The summed E-state index contributed by atoms with van der Waals surface area (Å²) >= 11 is 0. The molecule has 1 aromatic carbocycles. The molecule has 1 heterocycles. The molecule has 140 valence electrons. The van der Waals surface area contributed by atoms with E-state index in [0.29, 0.717) is 17.8 Å². The van der Waals surface area contributed by atoms with Gasteiger partial charge in [-0.3, -0.25) is 5.26 Å². The zero-order valence-corrected chi connectivity index (χ0v) is 15.5. The van der Waals surface area contributed by atoms with E-state index in [1.54, 1.807) is 10.6 Å². The number of imidazole rings is 1. The Morgan fingerprint density at radius 3 is 2.63 bits per heavy atom. The van der Waals surface area contributed by atoms with Gasteiger partial charge in [-0.15, -0.1) is 5.11 Å². The molecule has 9 nitrogen and oxygen atoms in total. The molecule has 0 bridgehead atoms. The van der Waals surface area contributed by atoms with Crippen molar-refractivity contribution in [2.75, 3.05) is 19.0 Å². The third-order valence-electron chi connectivity index (χ3n) is 3.90. The van der Waals surface area contributed by atoms with Crippen molar-refractivity contribution in [1.82, 2.24) is 9.55 Å². The number of aromatic nitrogens is 2. The highest BCUT2D eigenvalue weighted by Crippen LogP contribution is 2.34. The maximum absolute atomic E-state index is 8.83. The minimum Gasteiger partial charge on any atom is -0.378 e. The average Bonchev–Trinajstić information content (AvgIpc) is 3.01. The van der Waals surface area contributed by atoms with Crippen molar-refractivity contribution in [3.05, 3.63) is 46.6 Å². The molecule has 1 N–H and O–H groups in total. The Morgan fingerprint density at radius 1 is 1.26 bits per heavy atom. The van der Waals surface area contributed by atoms with Crippen molar-refractivity contribution in [3.8, 4) is 0 Å². The molecule has 0 radical (unpaired) electrons. The number of anilines is 1. The van der Waals surface area contributed by atoms with E-state index in [1.165, 1.54) is 0 Å². The summed E-state index contributed by atoms with van der Waals surface area (Å²) in [7, 11) is 3.81. The minimum absolute atomic E-state index is 0.0249. The number of benzene rings is 1. The molecule has 0 unspecified atom stereocenters. The molecule has 9 heteroatoms. The number of hydrogen-bond acceptors (Lipinski definition) is 6. The average molecular weight is 367 g/mol. The van der Waals surface area contributed by atoms with Crippen LogP contribution in [0.4, 0.5) is 29.0 Å². The Bertz CT molecular complexity index is 904. The van der Waals surface area contributed by atoms with E-state index in [-0.39, 0.29) is 24.2 Å². The molecule has 0 spiro atoms. The first kappa shape index (κ1) is 20.0. The van der Waals surface area contributed by atoms with Gasteiger partial charge in [-0.1, -0.05) is 36.6 Å². The van der Waals surface area contributed by atoms with Crippen molar-refractivity contribution < 1.29 is 10.1 Å². The van der Waals surface area contributed by atoms with Crippen LogP contribution in [0.5, 0.6) is 0 Å². The Morgan fingerprint density at radius 2 is 2.04 bits per heavy atom. The SMILES string of the molecule is [C-]#[N+]c1nc(N=Nc2ccc(N(C)C)cc2COO)n(CCCC)c1[N+]#[C-]. The Kier molecular flexibility index (Phi) is 7.00. The second-order valence-corrected chi connectivity index (χ2v) is 5.97. The van der Waals surface area contributed by atoms with Crippen molar-refractivity contribution in [3.63, 3.8) is 0 Å². The Hall–Kier alpha value is -3.27. The van der Waals surface area contributed by atoms with Gasteiger partial charge < -0.3 is 14.6 Å². The lowest BCUT2D eigenvalue weighted by Crippen LogP contribution is -2.08. The van der Waals surface area contributed by atoms with E-state index in [0.717, 1.165) is 18.5 Å². The third kappa shape index (κ3) is 4.67. The quantitative estimate of drug-likeness (QED) is 0.299. The van der Waals surface area contributed by atoms with E-state index < -0.39 is 0 Å². The molecular formula is C18H21N7O2. The van der Waals surface area contributed by atoms with Gasteiger partial charge in [0.25, 0.3) is 11.6 Å². The van der Waals surface area contributed by atoms with Crippen molar-refractivity contribution in [2.45, 2.75) is 32.9 Å². The fourth-order valence-electron chi connectivity index (χ4n) is 2.44. The fraction of sp³-hybridized carbons (Fsp3) is 0.389. The molecule has 0 aliphatic heterocycles. The smallest absolute Gasteiger partial charge is 0.378 e. The van der Waals surface area contributed by atoms with Gasteiger partial charge in [0.15, 0.2) is 0 Å². The normalized spacial score (nSPS) is 10.7. The number of nitrogens with zero attached hydrogens (tertiary/aromatic N) is 7. The first-order chi connectivity index (χ1) is 13.0. The van der Waals surface area contributed by atoms with Crippen LogP contribution in [0.3, 0.4) is 0 Å². The zero-order chi connectivity index (χ0) is 19.8. The number of unbranched alkanes of at least 4 members (excludes halogenated alkanes) is 1. The molecule has 0 fully saturated rings. The van der Waals surface area contributed by atoms with Crippen LogP contribution in [-0.4, -0.2) is 28.9 Å². The van der Waals surface area contributed by atoms with Gasteiger partial charge >= 0.3 is 5.95 Å². The Labute approximate surface area is 158 Å². The minimum atomic E-state index is -0.0408. The second-order valence-electron chi connectivity index (χ2n) is 5.97. The van der Waals surface area contributed by atoms with E-state index in [2.05, 4.69) is 29.8 Å². The van der Waals surface area contributed by atoms with Gasteiger partial charge in [0, 0.05) is 25.3 Å². The summed E-state index contributed by atoms with van der Waals surface area (Å²) in [6.45, 7) is 17.1. The number of rotatable bonds is 8. The van der Waals surface area contributed by atoms with Crippen molar-refractivity contribution in [1.29, 1.82) is 0 Å². The molecule has 0 aliphatic carbocycles. The summed E-state index contributed by atoms with van der Waals surface area (Å²) in [6.07, 6.45) is 1.77. The van der Waals surface area contributed by atoms with Crippen LogP contribution >= 0.6 is 0 Å². The molecule has 0 amide bonds. The first-order valence-corrected chi connectivity index (χ1v) is 8.39. The van der Waals surface area contributed by atoms with Gasteiger partial charge in [-0.05, 0) is 24.6 Å². The monoisotopic (exact) mass is 367 g/mol. The van der Waals surface area contributed by atoms with Crippen LogP contribution in [0.2, 0.25) is 0 Å². The van der Waals surface area contributed by atoms with Crippen LogP contribution in [0.1, 0.15) is 25.3 Å². The second kappa shape index (κ2) is 9.43. The molecule has 0 aliphatic rings. The lowest BCUT2D eigenvalue weighted by molar-refractivity contribution is -0.252. The molecule has 2 rings (SSSR count). The first-order valence-electron chi connectivity index (χ1n) is 8.39. The van der Waals surface area contributed by atoms with Crippen LogP contribution in [0.15, 0.2) is 28.4 Å². The molecule has 27 heavy (non-hydrogen) atoms. The van der Waals surface area contributed by atoms with E-state index in [4.69, 9.17) is 18.4 Å². The summed E-state index contributed by atoms with van der Waals surface area (Å²) in [5.41, 5.74) is 2.08. The third-order valence-corrected chi connectivity index (χ3v) is 3.90. The standard InChI is InChI=1S/C18H21N7O2/c1-6-7-10-25-17(20-3)16(19-2)21-18(25)23-22-15-9-8-14(24(4)5)11-13(15)12-27-26/h8-9,11,26H,6-7,10,12H2,1,4-5H3. The van der Waals surface area contributed by atoms with E-state index in [9.17, 15) is 0 Å². The lowest BCUT2D eigenvalue weighted by atomic mass is 10.1. The predicted octanol–water partition coefficient (Wildman–Crippen LogP) is 5.26. The van der Waals surface area contributed by atoms with Crippen molar-refractivity contribution in [2.24, 2.45) is 10.2 Å². The maximum atomic E-state index is 8.83. The summed E-state index contributed by atoms with van der Waals surface area (Å²) in [6, 6.07) is 5.47. The van der Waals surface area contributed by atoms with Crippen LogP contribution in [-0.2, 0) is 18.0 Å². The van der Waals surface area contributed by atoms with Crippen molar-refractivity contribution >= 4 is 29.0 Å². The van der Waals surface area contributed by atoms with Crippen LogP contribution in [0, 0.1) is 13.1 Å². The lowest BCUT2D eigenvalue weighted by Gasteiger charge is -2.14. The molecule has 1 aromatic heterocycles. The highest BCUT2D eigenvalue weighted by Gasteiger charge is 2.21. The summed E-state index contributed by atoms with van der Waals surface area (Å²) in [5.74, 6) is 0.416. The maximum Gasteiger partial charge on any atom is 0.416 e. The molecule has 0 saturated carbocycles. The van der Waals surface area contributed by atoms with Gasteiger partial charge in [0.1, 0.15) is 6.61 Å². The summed E-state index contributed by atoms with van der Waals surface area (Å²) < 4.78 is 1.61. The summed E-state index contributed by atoms with van der Waals surface area (Å²) in [4.78, 5) is 17.1. The zero-order valence-electron chi connectivity index (χ0n) is 15.5. The molecular weight excluding hydrogens is 346 g/mol. The highest BCUT2D eigenvalue weighted by molar-refractivity contribution is 5.66. The molecule has 0 atom stereocenters. The highest BCUT2D eigenvalue weighted by atomic mass is 17.1. The van der Waals surface area contributed by atoms with E-state index in [1.807, 2.05) is 38.1 Å². The molecule has 2 aromatic rings. The Balaban J connectivity index is 2.44. The van der Waals surface area contributed by atoms with E-state index >= 15 is 0 Å². The number of hydrogen-bond donors (Lipinski definition) is 1. The largest absolute Gasteiger partial charge is 0.416 e. The van der Waals surface area contributed by atoms with Crippen LogP contribution in [0.25, 0.3) is 9.69 Å². The molecule has 0 saturated heterocycles. The van der Waals surface area contributed by atoms with Gasteiger partial charge in [0.05, 0.1) is 12.2 Å². The van der Waals surface area contributed by atoms with Gasteiger partial charge in [-0.2, -0.15) is 0 Å². The predicted molar refractivity (Wildman–Crippen MR) is 102 cm³/mol. The fourth-order valence-corrected chi connectivity index (χ4v) is 2.44.